The van der Waals surface area contributed by atoms with Crippen LogP contribution < -0.4 is 0 Å². The van der Waals surface area contributed by atoms with Crippen molar-refractivity contribution in [3.8, 4) is 0 Å². The van der Waals surface area contributed by atoms with E-state index >= 15 is 0 Å². The summed E-state index contributed by atoms with van der Waals surface area (Å²) in [4.78, 5) is 0. The zero-order valence-electron chi connectivity index (χ0n) is 5.17. The van der Waals surface area contributed by atoms with Gasteiger partial charge >= 0.3 is 65.5 Å². The van der Waals surface area contributed by atoms with E-state index in [1.165, 1.54) is 0 Å². The molecule has 0 unspecified atom stereocenters. The molecule has 0 saturated heterocycles. The molecule has 0 spiro atoms. The Morgan fingerprint density at radius 3 is 0.909 bits per heavy atom. The Hall–Kier alpha value is 0.892. The quantitative estimate of drug-likeness (QED) is 0.484. The Bertz CT molecular complexity index is 164. The normalized spacial score (nSPS) is 6.18. The first-order valence-electron chi connectivity index (χ1n) is 1.67. The molecule has 0 aliphatic heterocycles. The summed E-state index contributed by atoms with van der Waals surface area (Å²) in [6.07, 6.45) is 0. The summed E-state index contributed by atoms with van der Waals surface area (Å²) >= 11 is 1.22. The fourth-order valence-electron chi connectivity index (χ4n) is 0.0544. The Morgan fingerprint density at radius 2 is 0.909 bits per heavy atom. The molecule has 0 heterocycles. The molecule has 0 aliphatic carbocycles. The van der Waals surface area contributed by atoms with E-state index in [1.807, 2.05) is 0 Å². The van der Waals surface area contributed by atoms with Gasteiger partial charge in [-0.15, -0.1) is 0 Å². The van der Waals surface area contributed by atoms with Gasteiger partial charge in [0.05, 0.1) is 0 Å². The molecule has 0 aliphatic rings. The molecule has 0 saturated carbocycles. The van der Waals surface area contributed by atoms with Crippen LogP contribution in [0.1, 0.15) is 0 Å². The van der Waals surface area contributed by atoms with Crippen LogP contribution in [0, 0.1) is 0 Å². The first-order chi connectivity index (χ1) is 5.13. The molecule has 11 heavy (non-hydrogen) atoms. The number of hydrogen-bond acceptors (Lipinski definition) is 7. The van der Waals surface area contributed by atoms with Crippen LogP contribution in [-0.4, -0.2) is 43.4 Å². The van der Waals surface area contributed by atoms with Gasteiger partial charge in [-0.1, -0.05) is 0 Å². The van der Waals surface area contributed by atoms with E-state index in [0.29, 0.717) is 43.4 Å². The predicted octanol–water partition coefficient (Wildman–Crippen LogP) is 0.180. The molecule has 0 aromatic carbocycles. The molecular formula is Mg2O7P2. The van der Waals surface area contributed by atoms with Gasteiger partial charge in [-0.25, -0.2) is 18.3 Å². The van der Waals surface area contributed by atoms with Crippen molar-refractivity contribution in [1.82, 2.24) is 0 Å². The van der Waals surface area contributed by atoms with E-state index in [9.17, 15) is 18.3 Å². The van der Waals surface area contributed by atoms with Gasteiger partial charge in [0.1, 0.15) is 0 Å². The Labute approximate surface area is 87.6 Å². The number of rotatable bonds is 2. The van der Waals surface area contributed by atoms with Gasteiger partial charge in [0, 0.05) is 0 Å². The summed E-state index contributed by atoms with van der Waals surface area (Å²) in [5.41, 5.74) is 0. The molecule has 0 radical (unpaired) electrons. The Morgan fingerprint density at radius 1 is 0.727 bits per heavy atom. The van der Waals surface area contributed by atoms with Gasteiger partial charge in [-0.3, -0.25) is 0 Å². The van der Waals surface area contributed by atoms with Gasteiger partial charge in [-0.05, 0) is 0 Å². The molecular weight excluding hydrogens is 223 g/mol. The van der Waals surface area contributed by atoms with Crippen LogP contribution >= 0.6 is 15.8 Å². The van der Waals surface area contributed by atoms with Gasteiger partial charge < -0.3 is 0 Å². The second-order valence-electron chi connectivity index (χ2n) is 0.529. The minimum atomic E-state index is -3.24. The summed E-state index contributed by atoms with van der Waals surface area (Å²) < 4.78 is 56.7. The van der Waals surface area contributed by atoms with Gasteiger partial charge in [0.2, 0.25) is 0 Å². The monoisotopic (exact) mass is 222 g/mol. The second kappa shape index (κ2) is 17.1. The van der Waals surface area contributed by atoms with Crippen molar-refractivity contribution in [1.29, 1.82) is 0 Å². The molecule has 0 aromatic heterocycles. The standard InChI is InChI=1S/2Mg.O5P2.2O/c;;1-6(2)5-7(3)4;;. The van der Waals surface area contributed by atoms with E-state index in [-0.39, 0.29) is 0 Å². The molecule has 11 heteroatoms. The second-order valence-corrected chi connectivity index (χ2v) is 2.08. The van der Waals surface area contributed by atoms with Gasteiger partial charge in [-0.2, -0.15) is 4.31 Å². The van der Waals surface area contributed by atoms with E-state index in [4.69, 9.17) is 6.35 Å². The van der Waals surface area contributed by atoms with E-state index in [1.54, 1.807) is 0 Å². The average Bonchev–Trinajstić information content (AvgIpc) is 1.93. The third kappa shape index (κ3) is 36.0. The van der Waals surface area contributed by atoms with Crippen molar-refractivity contribution in [3.05, 3.63) is 0 Å². The maximum absolute atomic E-state index is 9.24. The summed E-state index contributed by atoms with van der Waals surface area (Å²) in [5, 5.41) is 0. The average molecular weight is 223 g/mol. The SMILES string of the molecule is O=P(=O)OP(=O)=O.[O]=[Mg].[O]=[Mg]. The molecule has 0 amide bonds. The molecule has 0 bridgehead atoms. The molecule has 0 aromatic rings. The van der Waals surface area contributed by atoms with Crippen LogP contribution in [0.4, 0.5) is 0 Å². The van der Waals surface area contributed by atoms with Crippen molar-refractivity contribution in [3.63, 3.8) is 0 Å². The molecule has 0 atom stereocenters. The Balaban J connectivity index is -0.000000138. The van der Waals surface area contributed by atoms with Crippen molar-refractivity contribution >= 4 is 59.2 Å². The summed E-state index contributed by atoms with van der Waals surface area (Å²) in [5.74, 6) is 0. The van der Waals surface area contributed by atoms with Crippen LogP contribution in [0.2, 0.25) is 0 Å². The molecule has 56 valence electrons. The van der Waals surface area contributed by atoms with Crippen LogP contribution in [-0.2, 0) is 28.9 Å². The molecule has 0 N–H and O–H groups in total. The fourth-order valence-corrected chi connectivity index (χ4v) is 0.490. The summed E-state index contributed by atoms with van der Waals surface area (Å²) in [6.45, 7) is 0. The Kier molecular flexibility index (Phi) is 27.8. The predicted molar refractivity (Wildman–Crippen MR) is 30.6 cm³/mol. The third-order valence-electron chi connectivity index (χ3n) is 0.133. The molecule has 7 nitrogen and oxygen atoms in total. The fraction of sp³-hybridized carbons (Fsp3) is 0. The maximum atomic E-state index is 9.24. The zero-order chi connectivity index (χ0) is 9.86. The van der Waals surface area contributed by atoms with E-state index in [0.717, 1.165) is 0 Å². The number of hydrogen-bond donors (Lipinski definition) is 0. The van der Waals surface area contributed by atoms with Crippen LogP contribution in [0.3, 0.4) is 0 Å². The first kappa shape index (κ1) is 17.8. The van der Waals surface area contributed by atoms with E-state index in [2.05, 4.69) is 4.31 Å². The van der Waals surface area contributed by atoms with Crippen molar-refractivity contribution in [2.24, 2.45) is 0 Å². The van der Waals surface area contributed by atoms with E-state index < -0.39 is 15.8 Å². The zero-order valence-corrected chi connectivity index (χ0v) is 9.78. The van der Waals surface area contributed by atoms with Gasteiger partial charge in [0.25, 0.3) is 0 Å². The minimum absolute atomic E-state index is 0.611. The summed E-state index contributed by atoms with van der Waals surface area (Å²) in [7, 11) is -6.47. The third-order valence-corrected chi connectivity index (χ3v) is 1.20. The van der Waals surface area contributed by atoms with Crippen LogP contribution in [0.25, 0.3) is 0 Å². The van der Waals surface area contributed by atoms with Crippen LogP contribution in [0.5, 0.6) is 0 Å². The first-order valence-corrected chi connectivity index (χ1v) is 5.02. The molecule has 0 fully saturated rings. The summed E-state index contributed by atoms with van der Waals surface area (Å²) in [6, 6.07) is 0. The molecule has 0 rings (SSSR count). The van der Waals surface area contributed by atoms with Crippen molar-refractivity contribution < 1.29 is 28.9 Å². The van der Waals surface area contributed by atoms with Gasteiger partial charge in [0.15, 0.2) is 0 Å². The van der Waals surface area contributed by atoms with Crippen LogP contribution in [0.15, 0.2) is 0 Å². The van der Waals surface area contributed by atoms with Crippen molar-refractivity contribution in [2.75, 3.05) is 0 Å². The van der Waals surface area contributed by atoms with Crippen molar-refractivity contribution in [2.45, 2.75) is 0 Å². The topological polar surface area (TPSA) is 112 Å².